The lowest BCUT2D eigenvalue weighted by Crippen LogP contribution is -2.50. The molecular weight excluding hydrogens is 292 g/mol. The average Bonchev–Trinajstić information content (AvgIpc) is 3.11. The van der Waals surface area contributed by atoms with Crippen LogP contribution in [0.15, 0.2) is 24.3 Å². The number of ether oxygens (including phenoxy) is 1. The maximum Gasteiger partial charge on any atom is 0.262 e. The largest absolute Gasteiger partial charge is 0.477 e. The predicted molar refractivity (Wildman–Crippen MR) is 88.5 cm³/mol. The van der Waals surface area contributed by atoms with E-state index in [4.69, 9.17) is 4.74 Å². The zero-order chi connectivity index (χ0) is 16.2. The second-order valence-corrected chi connectivity index (χ2v) is 6.38. The first-order valence-electron chi connectivity index (χ1n) is 8.46. The molecule has 1 N–H and O–H groups in total. The minimum Gasteiger partial charge on any atom is -0.477 e. The summed E-state index contributed by atoms with van der Waals surface area (Å²) in [5.74, 6) is 1.17. The number of nitrogens with zero attached hydrogens (tertiary/aromatic N) is 1. The maximum atomic E-state index is 12.7. The fourth-order valence-corrected chi connectivity index (χ4v) is 3.53. The van der Waals surface area contributed by atoms with Crippen molar-refractivity contribution < 1.29 is 14.3 Å². The zero-order valence-electron chi connectivity index (χ0n) is 13.6. The van der Waals surface area contributed by atoms with Crippen LogP contribution in [0.2, 0.25) is 0 Å². The number of hydrogen-bond donors (Lipinski definition) is 1. The molecule has 2 aliphatic rings. The number of carbonyl (C=O) groups is 2. The summed E-state index contributed by atoms with van der Waals surface area (Å²) < 4.78 is 5.74. The van der Waals surface area contributed by atoms with Gasteiger partial charge in [-0.2, -0.15) is 0 Å². The number of likely N-dealkylation sites (N-methyl/N-ethyl adjacent to an activating group) is 1. The molecule has 0 aromatic heterocycles. The number of hydrogen-bond acceptors (Lipinski definition) is 3. The number of rotatable bonds is 4. The van der Waals surface area contributed by atoms with Crippen molar-refractivity contribution in [3.8, 4) is 5.75 Å². The summed E-state index contributed by atoms with van der Waals surface area (Å²) in [7, 11) is 1.58. The molecule has 5 nitrogen and oxygen atoms in total. The minimum atomic E-state index is -0.648. The lowest BCUT2D eigenvalue weighted by atomic mass is 10.0. The highest BCUT2D eigenvalue weighted by molar-refractivity contribution is 5.97. The number of carbonyl (C=O) groups excluding carboxylic acids is 2. The molecular formula is C18H24N2O3. The second kappa shape index (κ2) is 7.02. The highest BCUT2D eigenvalue weighted by Gasteiger charge is 2.33. The highest BCUT2D eigenvalue weighted by atomic mass is 16.5. The summed E-state index contributed by atoms with van der Waals surface area (Å²) >= 11 is 0. The molecule has 1 aliphatic heterocycles. The summed E-state index contributed by atoms with van der Waals surface area (Å²) in [5, 5.41) is 2.60. The van der Waals surface area contributed by atoms with Crippen molar-refractivity contribution in [3.05, 3.63) is 24.3 Å². The van der Waals surface area contributed by atoms with Crippen LogP contribution >= 0.6 is 0 Å². The van der Waals surface area contributed by atoms with Crippen LogP contribution in [0.4, 0.5) is 5.69 Å². The molecule has 5 heteroatoms. The van der Waals surface area contributed by atoms with Gasteiger partial charge in [-0.05, 0) is 24.5 Å². The van der Waals surface area contributed by atoms with Gasteiger partial charge in [0, 0.05) is 13.5 Å². The molecule has 0 radical (unpaired) electrons. The van der Waals surface area contributed by atoms with E-state index in [1.807, 2.05) is 24.3 Å². The maximum absolute atomic E-state index is 12.7. The smallest absolute Gasteiger partial charge is 0.262 e. The molecule has 1 aromatic carbocycles. The Kier molecular flexibility index (Phi) is 4.84. The summed E-state index contributed by atoms with van der Waals surface area (Å²) in [6.07, 6.45) is 5.91. The molecule has 3 rings (SSSR count). The molecule has 0 saturated heterocycles. The third kappa shape index (κ3) is 3.49. The van der Waals surface area contributed by atoms with Gasteiger partial charge >= 0.3 is 0 Å². The van der Waals surface area contributed by atoms with E-state index in [0.717, 1.165) is 12.1 Å². The van der Waals surface area contributed by atoms with Gasteiger partial charge in [0.1, 0.15) is 5.75 Å². The summed E-state index contributed by atoms with van der Waals surface area (Å²) in [6, 6.07) is 7.43. The Hall–Kier alpha value is -2.04. The van der Waals surface area contributed by atoms with Crippen molar-refractivity contribution >= 4 is 17.5 Å². The van der Waals surface area contributed by atoms with Crippen LogP contribution in [0.3, 0.4) is 0 Å². The van der Waals surface area contributed by atoms with Gasteiger partial charge in [0.15, 0.2) is 6.10 Å². The fourth-order valence-electron chi connectivity index (χ4n) is 3.53. The van der Waals surface area contributed by atoms with E-state index in [-0.39, 0.29) is 18.4 Å². The molecule has 1 fully saturated rings. The molecule has 23 heavy (non-hydrogen) atoms. The number of nitrogens with one attached hydrogen (secondary N) is 1. The van der Waals surface area contributed by atoms with E-state index < -0.39 is 6.10 Å². The van der Waals surface area contributed by atoms with Crippen molar-refractivity contribution in [1.82, 2.24) is 5.32 Å². The molecule has 0 bridgehead atoms. The van der Waals surface area contributed by atoms with Crippen LogP contribution in [0.1, 0.15) is 38.5 Å². The van der Waals surface area contributed by atoms with Gasteiger partial charge in [0.05, 0.1) is 12.2 Å². The van der Waals surface area contributed by atoms with Gasteiger partial charge in [-0.3, -0.25) is 9.59 Å². The quantitative estimate of drug-likeness (QED) is 0.928. The van der Waals surface area contributed by atoms with Gasteiger partial charge in [0.25, 0.3) is 5.91 Å². The monoisotopic (exact) mass is 316 g/mol. The van der Waals surface area contributed by atoms with E-state index >= 15 is 0 Å². The van der Waals surface area contributed by atoms with Crippen molar-refractivity contribution in [2.24, 2.45) is 5.92 Å². The first-order chi connectivity index (χ1) is 11.2. The topological polar surface area (TPSA) is 58.6 Å². The van der Waals surface area contributed by atoms with E-state index in [1.54, 1.807) is 11.9 Å². The van der Waals surface area contributed by atoms with Crippen molar-refractivity contribution in [3.63, 3.8) is 0 Å². The molecule has 1 heterocycles. The van der Waals surface area contributed by atoms with E-state index in [9.17, 15) is 9.59 Å². The van der Waals surface area contributed by atoms with Gasteiger partial charge in [0.2, 0.25) is 5.91 Å². The SMILES string of the molecule is CNC(=O)[C@@H]1CN(C(=O)CCC2CCCC2)c2ccccc2O1. The molecule has 124 valence electrons. The molecule has 0 spiro atoms. The van der Waals surface area contributed by atoms with E-state index in [1.165, 1.54) is 25.7 Å². The molecule has 1 atom stereocenters. The first kappa shape index (κ1) is 15.8. The molecule has 0 unspecified atom stereocenters. The second-order valence-electron chi connectivity index (χ2n) is 6.38. The Morgan fingerprint density at radius 2 is 2.00 bits per heavy atom. The lowest BCUT2D eigenvalue weighted by molar-refractivity contribution is -0.128. The van der Waals surface area contributed by atoms with Crippen LogP contribution in [0.5, 0.6) is 5.75 Å². The van der Waals surface area contributed by atoms with Crippen molar-refractivity contribution in [1.29, 1.82) is 0 Å². The zero-order valence-corrected chi connectivity index (χ0v) is 13.6. The average molecular weight is 316 g/mol. The molecule has 2 amide bonds. The Balaban J connectivity index is 1.73. The normalized spacial score (nSPS) is 20.7. The summed E-state index contributed by atoms with van der Waals surface area (Å²) in [5.41, 5.74) is 0.768. The summed E-state index contributed by atoms with van der Waals surface area (Å²) in [6.45, 7) is 0.278. The number of benzene rings is 1. The number of para-hydroxylation sites is 2. The first-order valence-corrected chi connectivity index (χ1v) is 8.46. The number of amides is 2. The number of anilines is 1. The van der Waals surface area contributed by atoms with E-state index in [2.05, 4.69) is 5.32 Å². The van der Waals surface area contributed by atoms with Gasteiger partial charge in [-0.15, -0.1) is 0 Å². The summed E-state index contributed by atoms with van der Waals surface area (Å²) in [4.78, 5) is 26.4. The predicted octanol–water partition coefficient (Wildman–Crippen LogP) is 2.50. The Morgan fingerprint density at radius 3 is 2.74 bits per heavy atom. The highest BCUT2D eigenvalue weighted by Crippen LogP contribution is 2.34. The number of fused-ring (bicyclic) bond motifs is 1. The van der Waals surface area contributed by atoms with Gasteiger partial charge < -0.3 is 15.0 Å². The third-order valence-corrected chi connectivity index (χ3v) is 4.85. The standard InChI is InChI=1S/C18H24N2O3/c1-19-18(22)16-12-20(14-8-4-5-9-15(14)23-16)17(21)11-10-13-6-2-3-7-13/h4-5,8-9,13,16H,2-3,6-7,10-12H2,1H3,(H,19,22)/t16-/m0/s1. The van der Waals surface area contributed by atoms with Crippen LogP contribution in [0.25, 0.3) is 0 Å². The Bertz CT molecular complexity index is 581. The molecule has 1 aliphatic carbocycles. The van der Waals surface area contributed by atoms with Crippen LogP contribution in [-0.4, -0.2) is 31.5 Å². The van der Waals surface area contributed by atoms with Crippen molar-refractivity contribution in [2.45, 2.75) is 44.6 Å². The van der Waals surface area contributed by atoms with Crippen LogP contribution in [-0.2, 0) is 9.59 Å². The lowest BCUT2D eigenvalue weighted by Gasteiger charge is -2.34. The van der Waals surface area contributed by atoms with Crippen molar-refractivity contribution in [2.75, 3.05) is 18.5 Å². The van der Waals surface area contributed by atoms with Crippen LogP contribution in [0, 0.1) is 5.92 Å². The Morgan fingerprint density at radius 1 is 1.26 bits per heavy atom. The third-order valence-electron chi connectivity index (χ3n) is 4.85. The fraction of sp³-hybridized carbons (Fsp3) is 0.556. The molecule has 1 saturated carbocycles. The minimum absolute atomic E-state index is 0.0848. The van der Waals surface area contributed by atoms with E-state index in [0.29, 0.717) is 18.1 Å². The van der Waals surface area contributed by atoms with Gasteiger partial charge in [-0.1, -0.05) is 37.8 Å². The van der Waals surface area contributed by atoms with Crippen LogP contribution < -0.4 is 15.0 Å². The Labute approximate surface area is 137 Å². The van der Waals surface area contributed by atoms with Gasteiger partial charge in [-0.25, -0.2) is 0 Å². The molecule has 1 aromatic rings.